The van der Waals surface area contributed by atoms with Gasteiger partial charge in [0.1, 0.15) is 0 Å². The van der Waals surface area contributed by atoms with Gasteiger partial charge in [-0.25, -0.2) is 18.0 Å². The zero-order valence-electron chi connectivity index (χ0n) is 23.0. The van der Waals surface area contributed by atoms with Crippen LogP contribution in [0.2, 0.25) is 0 Å². The molecule has 1 aromatic heterocycles. The fourth-order valence-corrected chi connectivity index (χ4v) is 6.28. The summed E-state index contributed by atoms with van der Waals surface area (Å²) >= 11 is 0. The molecule has 1 unspecified atom stereocenters. The number of halogens is 3. The molecule has 218 valence electrons. The van der Waals surface area contributed by atoms with Crippen LogP contribution in [0, 0.1) is 23.4 Å². The van der Waals surface area contributed by atoms with Gasteiger partial charge in [-0.15, -0.1) is 0 Å². The lowest BCUT2D eigenvalue weighted by Gasteiger charge is -2.44. The van der Waals surface area contributed by atoms with Crippen LogP contribution in [0.5, 0.6) is 0 Å². The van der Waals surface area contributed by atoms with E-state index in [1.54, 1.807) is 4.90 Å². The van der Waals surface area contributed by atoms with Gasteiger partial charge in [0.2, 0.25) is 5.91 Å². The van der Waals surface area contributed by atoms with E-state index < -0.39 is 23.5 Å². The van der Waals surface area contributed by atoms with Gasteiger partial charge in [-0.2, -0.15) is 0 Å². The molecule has 2 saturated heterocycles. The number of alkyl carbamates (subject to hydrolysis) is 1. The van der Waals surface area contributed by atoms with Gasteiger partial charge in [0.15, 0.2) is 17.5 Å². The minimum absolute atomic E-state index is 0.0784. The third-order valence-electron chi connectivity index (χ3n) is 8.52. The molecule has 0 spiro atoms. The number of ether oxygens (including phenoxy) is 1. The van der Waals surface area contributed by atoms with E-state index >= 15 is 0 Å². The first-order chi connectivity index (χ1) is 19.8. The molecule has 2 aliphatic heterocycles. The minimum Gasteiger partial charge on any atom is -0.453 e. The standard InChI is InChI=1S/C31H35F3N4O3/c1-41-31(40)36-19-28(37-12-8-21(9-13-37)24-18-35-27-5-3-2-4-23(24)27)22-10-14-38(15-11-22)29(39)7-6-20-16-25(32)30(34)26(33)17-20/h2-7,16-18,21-22,28,35H,8-15,19H2,1H3,(H,36,40)/b7-6+. The molecule has 3 heterocycles. The lowest BCUT2D eigenvalue weighted by atomic mass is 9.84. The zero-order chi connectivity index (χ0) is 28.9. The van der Waals surface area contributed by atoms with E-state index in [1.165, 1.54) is 30.2 Å². The Labute approximate surface area is 237 Å². The number of nitrogens with zero attached hydrogens (tertiary/aromatic N) is 2. The Kier molecular flexibility index (Phi) is 8.97. The van der Waals surface area contributed by atoms with Crippen molar-refractivity contribution in [1.29, 1.82) is 0 Å². The Hall–Kier alpha value is -3.79. The van der Waals surface area contributed by atoms with E-state index in [0.29, 0.717) is 25.6 Å². The number of piperidine rings is 2. The van der Waals surface area contributed by atoms with Crippen LogP contribution >= 0.6 is 0 Å². The number of likely N-dealkylation sites (tertiary alicyclic amines) is 2. The van der Waals surface area contributed by atoms with Crippen molar-refractivity contribution in [2.45, 2.75) is 37.6 Å². The van der Waals surface area contributed by atoms with E-state index in [2.05, 4.69) is 39.6 Å². The van der Waals surface area contributed by atoms with Gasteiger partial charge in [0.25, 0.3) is 0 Å². The molecular weight excluding hydrogens is 533 g/mol. The average Bonchev–Trinajstić information content (AvgIpc) is 3.43. The second kappa shape index (κ2) is 12.8. The Balaban J connectivity index is 1.20. The van der Waals surface area contributed by atoms with Crippen LogP contribution < -0.4 is 5.32 Å². The minimum atomic E-state index is -1.53. The summed E-state index contributed by atoms with van der Waals surface area (Å²) in [6.07, 6.45) is 7.78. The van der Waals surface area contributed by atoms with Gasteiger partial charge in [0.05, 0.1) is 7.11 Å². The van der Waals surface area contributed by atoms with Crippen LogP contribution in [0.15, 0.2) is 48.7 Å². The smallest absolute Gasteiger partial charge is 0.406 e. The summed E-state index contributed by atoms with van der Waals surface area (Å²) in [7, 11) is 1.35. The number of aromatic nitrogens is 1. The number of H-pyrrole nitrogens is 1. The number of nitrogens with one attached hydrogen (secondary N) is 2. The Morgan fingerprint density at radius 2 is 1.73 bits per heavy atom. The van der Waals surface area contributed by atoms with Crippen molar-refractivity contribution in [2.75, 3.05) is 39.8 Å². The number of fused-ring (bicyclic) bond motifs is 1. The molecule has 7 nitrogen and oxygen atoms in total. The molecule has 2 aliphatic rings. The van der Waals surface area contributed by atoms with E-state index in [4.69, 9.17) is 4.74 Å². The lowest BCUT2D eigenvalue weighted by Crippen LogP contribution is -2.53. The molecule has 2 N–H and O–H groups in total. The third kappa shape index (κ3) is 6.59. The van der Waals surface area contributed by atoms with Crippen LogP contribution in [-0.2, 0) is 9.53 Å². The molecule has 0 bridgehead atoms. The summed E-state index contributed by atoms with van der Waals surface area (Å²) in [5.41, 5.74) is 2.59. The lowest BCUT2D eigenvalue weighted by molar-refractivity contribution is -0.127. The first-order valence-electron chi connectivity index (χ1n) is 14.1. The summed E-state index contributed by atoms with van der Waals surface area (Å²) in [6, 6.07) is 10.2. The number of hydrogen-bond acceptors (Lipinski definition) is 4. The van der Waals surface area contributed by atoms with Crippen molar-refractivity contribution in [3.05, 3.63) is 77.2 Å². The van der Waals surface area contributed by atoms with Gasteiger partial charge < -0.3 is 19.9 Å². The van der Waals surface area contributed by atoms with E-state index in [-0.39, 0.29) is 23.4 Å². The number of aromatic amines is 1. The van der Waals surface area contributed by atoms with Gasteiger partial charge in [-0.3, -0.25) is 9.69 Å². The van der Waals surface area contributed by atoms with Crippen molar-refractivity contribution >= 4 is 29.0 Å². The van der Waals surface area contributed by atoms with Crippen LogP contribution in [0.4, 0.5) is 18.0 Å². The highest BCUT2D eigenvalue weighted by molar-refractivity contribution is 5.91. The molecule has 2 aromatic carbocycles. The second-order valence-corrected chi connectivity index (χ2v) is 10.8. The largest absolute Gasteiger partial charge is 0.453 e. The van der Waals surface area contributed by atoms with Crippen molar-refractivity contribution in [3.63, 3.8) is 0 Å². The normalized spacial score (nSPS) is 18.2. The number of carbonyl (C=O) groups is 2. The maximum absolute atomic E-state index is 13.5. The van der Waals surface area contributed by atoms with Crippen molar-refractivity contribution in [3.8, 4) is 0 Å². The number of para-hydroxylation sites is 1. The van der Waals surface area contributed by atoms with Gasteiger partial charge in [0, 0.05) is 48.9 Å². The van der Waals surface area contributed by atoms with Crippen LogP contribution in [0.25, 0.3) is 17.0 Å². The number of methoxy groups -OCH3 is 1. The maximum Gasteiger partial charge on any atom is 0.406 e. The van der Waals surface area contributed by atoms with E-state index in [0.717, 1.165) is 56.4 Å². The number of hydrogen-bond donors (Lipinski definition) is 2. The molecule has 0 aliphatic carbocycles. The second-order valence-electron chi connectivity index (χ2n) is 10.8. The first kappa shape index (κ1) is 28.7. The SMILES string of the molecule is COC(=O)NCC(C1CCN(C(=O)/C=C/c2cc(F)c(F)c(F)c2)CC1)N1CCC(c2c[nH]c3ccccc23)CC1. The van der Waals surface area contributed by atoms with Crippen LogP contribution in [0.1, 0.15) is 42.7 Å². The number of amides is 2. The average molecular weight is 569 g/mol. The van der Waals surface area contributed by atoms with Gasteiger partial charge in [-0.1, -0.05) is 18.2 Å². The highest BCUT2D eigenvalue weighted by Gasteiger charge is 2.34. The molecule has 2 amide bonds. The molecule has 1 atom stereocenters. The van der Waals surface area contributed by atoms with Crippen molar-refractivity contribution in [1.82, 2.24) is 20.1 Å². The van der Waals surface area contributed by atoms with E-state index in [1.807, 2.05) is 6.07 Å². The molecule has 5 rings (SSSR count). The summed E-state index contributed by atoms with van der Waals surface area (Å²) in [6.45, 7) is 3.33. The predicted molar refractivity (Wildman–Crippen MR) is 151 cm³/mol. The Morgan fingerprint density at radius 1 is 1.05 bits per heavy atom. The molecule has 0 saturated carbocycles. The summed E-state index contributed by atoms with van der Waals surface area (Å²) in [5, 5.41) is 4.16. The highest BCUT2D eigenvalue weighted by Crippen LogP contribution is 2.35. The maximum atomic E-state index is 13.5. The fraction of sp³-hybridized carbons (Fsp3) is 0.419. The predicted octanol–water partition coefficient (Wildman–Crippen LogP) is 5.44. The first-order valence-corrected chi connectivity index (χ1v) is 14.1. The summed E-state index contributed by atoms with van der Waals surface area (Å²) in [4.78, 5) is 32.2. The highest BCUT2D eigenvalue weighted by atomic mass is 19.2. The number of benzene rings is 2. The molecular formula is C31H35F3N4O3. The number of rotatable bonds is 7. The monoisotopic (exact) mass is 568 g/mol. The zero-order valence-corrected chi connectivity index (χ0v) is 23.0. The topological polar surface area (TPSA) is 77.7 Å². The molecule has 2 fully saturated rings. The Morgan fingerprint density at radius 3 is 2.41 bits per heavy atom. The molecule has 41 heavy (non-hydrogen) atoms. The fourth-order valence-electron chi connectivity index (χ4n) is 6.28. The summed E-state index contributed by atoms with van der Waals surface area (Å²) in [5.74, 6) is -3.66. The van der Waals surface area contributed by atoms with Crippen molar-refractivity contribution in [2.24, 2.45) is 5.92 Å². The number of carbonyl (C=O) groups excluding carboxylic acids is 2. The third-order valence-corrected chi connectivity index (χ3v) is 8.52. The van der Waals surface area contributed by atoms with Crippen molar-refractivity contribution < 1.29 is 27.5 Å². The van der Waals surface area contributed by atoms with E-state index in [9.17, 15) is 22.8 Å². The molecule has 0 radical (unpaired) electrons. The van der Waals surface area contributed by atoms with Gasteiger partial charge in [-0.05, 0) is 86.0 Å². The van der Waals surface area contributed by atoms with Crippen LogP contribution in [0.3, 0.4) is 0 Å². The quantitative estimate of drug-likeness (QED) is 0.294. The summed E-state index contributed by atoms with van der Waals surface area (Å²) < 4.78 is 45.0. The van der Waals surface area contributed by atoms with Crippen LogP contribution in [-0.4, -0.2) is 72.7 Å². The molecule has 10 heteroatoms. The van der Waals surface area contributed by atoms with Gasteiger partial charge >= 0.3 is 6.09 Å². The molecule has 3 aromatic rings. The Bertz CT molecular complexity index is 1390.